The van der Waals surface area contributed by atoms with Crippen molar-refractivity contribution in [2.75, 3.05) is 31.9 Å². The van der Waals surface area contributed by atoms with Crippen molar-refractivity contribution >= 4 is 31.6 Å². The number of nitrogens with zero attached hydrogens (tertiary/aromatic N) is 2. The molecule has 0 amide bonds. The Kier molecular flexibility index (Phi) is 4.92. The average molecular weight is 380 g/mol. The van der Waals surface area contributed by atoms with Crippen molar-refractivity contribution in [2.45, 2.75) is 24.8 Å². The van der Waals surface area contributed by atoms with Gasteiger partial charge in [0.05, 0.1) is 4.47 Å². The summed E-state index contributed by atoms with van der Waals surface area (Å²) in [5.74, 6) is -0.796. The topological polar surface area (TPSA) is 66.6 Å². The zero-order chi connectivity index (χ0) is 15.8. The first kappa shape index (κ1) is 16.7. The van der Waals surface area contributed by atoms with Crippen LogP contribution in [0.1, 0.15) is 13.8 Å². The number of nitrogens with two attached hydrogens (primary N) is 1. The van der Waals surface area contributed by atoms with Crippen LogP contribution in [-0.2, 0) is 10.0 Å². The molecule has 0 radical (unpaired) electrons. The fourth-order valence-electron chi connectivity index (χ4n) is 2.37. The van der Waals surface area contributed by atoms with E-state index in [1.165, 1.54) is 16.4 Å². The predicted molar refractivity (Wildman–Crippen MR) is 84.0 cm³/mol. The van der Waals surface area contributed by atoms with Gasteiger partial charge in [0.2, 0.25) is 10.0 Å². The third-order valence-corrected chi connectivity index (χ3v) is 6.11. The van der Waals surface area contributed by atoms with Gasteiger partial charge in [0.25, 0.3) is 0 Å². The zero-order valence-electron chi connectivity index (χ0n) is 12.0. The Morgan fingerprint density at radius 3 is 2.33 bits per heavy atom. The molecule has 8 heteroatoms. The molecule has 2 N–H and O–H groups in total. The van der Waals surface area contributed by atoms with Crippen LogP contribution in [0.25, 0.3) is 0 Å². The van der Waals surface area contributed by atoms with Gasteiger partial charge in [-0.2, -0.15) is 4.31 Å². The van der Waals surface area contributed by atoms with Crippen LogP contribution < -0.4 is 5.73 Å². The van der Waals surface area contributed by atoms with E-state index in [0.29, 0.717) is 32.2 Å². The summed E-state index contributed by atoms with van der Waals surface area (Å²) in [7, 11) is -3.87. The normalized spacial score (nSPS) is 18.3. The molecule has 0 aliphatic carbocycles. The van der Waals surface area contributed by atoms with E-state index in [4.69, 9.17) is 5.73 Å². The standard InChI is InChI=1S/C13H19BrFN3O2S/c1-9(2)17-3-5-18(6-4-17)21(19,20)12-8-10(16)7-11(14)13(12)15/h7-9H,3-6,16H2,1-2H3. The van der Waals surface area contributed by atoms with E-state index in [9.17, 15) is 12.8 Å². The Hall–Kier alpha value is -0.700. The Morgan fingerprint density at radius 1 is 1.24 bits per heavy atom. The largest absolute Gasteiger partial charge is 0.399 e. The van der Waals surface area contributed by atoms with Crippen molar-refractivity contribution in [3.63, 3.8) is 0 Å². The molecular weight excluding hydrogens is 361 g/mol. The predicted octanol–water partition coefficient (Wildman–Crippen LogP) is 1.89. The molecule has 1 saturated heterocycles. The first-order valence-corrected chi connectivity index (χ1v) is 8.95. The number of benzene rings is 1. The Labute approximate surface area is 133 Å². The monoisotopic (exact) mass is 379 g/mol. The molecule has 1 aliphatic heterocycles. The maximum absolute atomic E-state index is 14.1. The van der Waals surface area contributed by atoms with Crippen LogP contribution in [-0.4, -0.2) is 49.8 Å². The molecule has 1 fully saturated rings. The number of hydrogen-bond donors (Lipinski definition) is 1. The number of anilines is 1. The second-order valence-corrected chi connectivity index (χ2v) is 8.11. The van der Waals surface area contributed by atoms with Crippen LogP contribution in [0.15, 0.2) is 21.5 Å². The molecule has 1 heterocycles. The number of rotatable bonds is 3. The van der Waals surface area contributed by atoms with Crippen LogP contribution >= 0.6 is 15.9 Å². The first-order valence-electron chi connectivity index (χ1n) is 6.72. The molecule has 2 rings (SSSR count). The fourth-order valence-corrected chi connectivity index (χ4v) is 4.52. The molecule has 118 valence electrons. The molecule has 0 unspecified atom stereocenters. The van der Waals surface area contributed by atoms with E-state index in [1.807, 2.05) is 0 Å². The molecule has 0 bridgehead atoms. The summed E-state index contributed by atoms with van der Waals surface area (Å²) in [6, 6.07) is 2.89. The van der Waals surface area contributed by atoms with Crippen molar-refractivity contribution in [2.24, 2.45) is 0 Å². The minimum Gasteiger partial charge on any atom is -0.399 e. The van der Waals surface area contributed by atoms with Gasteiger partial charge in [-0.1, -0.05) is 0 Å². The van der Waals surface area contributed by atoms with Crippen molar-refractivity contribution in [3.8, 4) is 0 Å². The van der Waals surface area contributed by atoms with Gasteiger partial charge < -0.3 is 5.73 Å². The van der Waals surface area contributed by atoms with Crippen LogP contribution in [0, 0.1) is 5.82 Å². The highest BCUT2D eigenvalue weighted by atomic mass is 79.9. The van der Waals surface area contributed by atoms with Crippen molar-refractivity contribution < 1.29 is 12.8 Å². The third-order valence-electron chi connectivity index (χ3n) is 3.64. The molecule has 21 heavy (non-hydrogen) atoms. The zero-order valence-corrected chi connectivity index (χ0v) is 14.4. The smallest absolute Gasteiger partial charge is 0.246 e. The van der Waals surface area contributed by atoms with E-state index in [-0.39, 0.29) is 15.1 Å². The van der Waals surface area contributed by atoms with Crippen molar-refractivity contribution in [3.05, 3.63) is 22.4 Å². The summed E-state index contributed by atoms with van der Waals surface area (Å²) >= 11 is 3.00. The van der Waals surface area contributed by atoms with Gasteiger partial charge in [-0.05, 0) is 41.9 Å². The summed E-state index contributed by atoms with van der Waals surface area (Å²) in [6.45, 7) is 6.13. The van der Waals surface area contributed by atoms with Crippen molar-refractivity contribution in [1.29, 1.82) is 0 Å². The van der Waals surface area contributed by atoms with Crippen LogP contribution in [0.2, 0.25) is 0 Å². The Morgan fingerprint density at radius 2 is 1.81 bits per heavy atom. The fraction of sp³-hybridized carbons (Fsp3) is 0.538. The first-order chi connectivity index (χ1) is 9.73. The van der Waals surface area contributed by atoms with E-state index >= 15 is 0 Å². The lowest BCUT2D eigenvalue weighted by Crippen LogP contribution is -2.50. The average Bonchev–Trinajstić information content (AvgIpc) is 2.42. The maximum Gasteiger partial charge on any atom is 0.246 e. The summed E-state index contributed by atoms with van der Waals surface area (Å²) in [6.07, 6.45) is 0. The van der Waals surface area contributed by atoms with Gasteiger partial charge in [0.1, 0.15) is 4.90 Å². The van der Waals surface area contributed by atoms with E-state index in [2.05, 4.69) is 34.7 Å². The molecule has 0 saturated carbocycles. The second-order valence-electron chi connectivity index (χ2n) is 5.35. The summed E-state index contributed by atoms with van der Waals surface area (Å²) in [4.78, 5) is 1.82. The second kappa shape index (κ2) is 6.20. The highest BCUT2D eigenvalue weighted by molar-refractivity contribution is 9.10. The van der Waals surface area contributed by atoms with Gasteiger partial charge in [-0.3, -0.25) is 4.90 Å². The van der Waals surface area contributed by atoms with Crippen LogP contribution in [0.3, 0.4) is 0 Å². The molecule has 0 spiro atoms. The van der Waals surface area contributed by atoms with Crippen LogP contribution in [0.5, 0.6) is 0 Å². The summed E-state index contributed by atoms with van der Waals surface area (Å²) in [5, 5.41) is 0. The number of nitrogen functional groups attached to an aromatic ring is 1. The number of sulfonamides is 1. The Balaban J connectivity index is 2.28. The molecule has 1 aromatic carbocycles. The number of halogens is 2. The number of hydrogen-bond acceptors (Lipinski definition) is 4. The van der Waals surface area contributed by atoms with E-state index in [0.717, 1.165) is 0 Å². The van der Waals surface area contributed by atoms with Crippen molar-refractivity contribution in [1.82, 2.24) is 9.21 Å². The molecule has 1 aliphatic rings. The quantitative estimate of drug-likeness (QED) is 0.814. The minimum atomic E-state index is -3.87. The van der Waals surface area contributed by atoms with E-state index in [1.54, 1.807) is 0 Å². The van der Waals surface area contributed by atoms with Gasteiger partial charge in [0.15, 0.2) is 5.82 Å². The highest BCUT2D eigenvalue weighted by Gasteiger charge is 2.32. The maximum atomic E-state index is 14.1. The number of piperazine rings is 1. The van der Waals surface area contributed by atoms with Gasteiger partial charge in [0, 0.05) is 37.9 Å². The molecule has 0 aromatic heterocycles. The van der Waals surface area contributed by atoms with Gasteiger partial charge >= 0.3 is 0 Å². The Bertz CT molecular complexity index is 629. The van der Waals surface area contributed by atoms with Gasteiger partial charge in [-0.25, -0.2) is 12.8 Å². The SMILES string of the molecule is CC(C)N1CCN(S(=O)(=O)c2cc(N)cc(Br)c2F)CC1. The summed E-state index contributed by atoms with van der Waals surface area (Å²) in [5.41, 5.74) is 5.84. The lowest BCUT2D eigenvalue weighted by Gasteiger charge is -2.36. The highest BCUT2D eigenvalue weighted by Crippen LogP contribution is 2.28. The molecule has 0 atom stereocenters. The lowest BCUT2D eigenvalue weighted by molar-refractivity contribution is 0.154. The van der Waals surface area contributed by atoms with Gasteiger partial charge in [-0.15, -0.1) is 0 Å². The molecule has 5 nitrogen and oxygen atoms in total. The molecular formula is C13H19BrFN3O2S. The third kappa shape index (κ3) is 3.39. The molecule has 1 aromatic rings. The minimum absolute atomic E-state index is 0.0573. The summed E-state index contributed by atoms with van der Waals surface area (Å²) < 4.78 is 40.7. The lowest BCUT2D eigenvalue weighted by atomic mass is 10.3. The van der Waals surface area contributed by atoms with E-state index < -0.39 is 15.8 Å². The van der Waals surface area contributed by atoms with Crippen LogP contribution in [0.4, 0.5) is 10.1 Å².